The molecule has 1 unspecified atom stereocenters. The molecule has 0 heterocycles. The number of carbonyl (C=O) groups is 2. The molecule has 0 aromatic heterocycles. The van der Waals surface area contributed by atoms with E-state index in [0.29, 0.717) is 25.4 Å². The van der Waals surface area contributed by atoms with Crippen molar-refractivity contribution in [2.75, 3.05) is 33.5 Å². The van der Waals surface area contributed by atoms with Crippen molar-refractivity contribution >= 4 is 12.3 Å². The van der Waals surface area contributed by atoms with Gasteiger partial charge < -0.3 is 19.7 Å². The second kappa shape index (κ2) is 17.4. The van der Waals surface area contributed by atoms with E-state index in [-0.39, 0.29) is 30.3 Å². The molecule has 0 aromatic rings. The topological polar surface area (TPSA) is 93.1 Å². The number of hydrogen-bond acceptors (Lipinski definition) is 6. The second-order valence-electron chi connectivity index (χ2n) is 7.79. The largest absolute Gasteiger partial charge is 0.462 e. The molecule has 2 N–H and O–H groups in total. The number of hydrogen-bond donors (Lipinski definition) is 2. The predicted octanol–water partition coefficient (Wildman–Crippen LogP) is 3.46. The fraction of sp³-hybridized carbons (Fsp3) is 0.739. The van der Waals surface area contributed by atoms with Crippen molar-refractivity contribution in [3.8, 4) is 0 Å². The van der Waals surface area contributed by atoms with Crippen LogP contribution in [-0.4, -0.2) is 56.0 Å². The number of esters is 1. The van der Waals surface area contributed by atoms with Gasteiger partial charge in [0.2, 0.25) is 0 Å². The van der Waals surface area contributed by atoms with Gasteiger partial charge in [0.05, 0.1) is 32.0 Å². The van der Waals surface area contributed by atoms with Crippen molar-refractivity contribution in [3.63, 3.8) is 0 Å². The minimum Gasteiger partial charge on any atom is -0.462 e. The molecule has 0 bridgehead atoms. The van der Waals surface area contributed by atoms with Gasteiger partial charge in [0, 0.05) is 18.6 Å². The number of aldehydes is 1. The fourth-order valence-electron chi connectivity index (χ4n) is 3.55. The first-order valence-corrected chi connectivity index (χ1v) is 10.6. The summed E-state index contributed by atoms with van der Waals surface area (Å²) >= 11 is 0. The van der Waals surface area contributed by atoms with E-state index in [4.69, 9.17) is 19.7 Å². The van der Waals surface area contributed by atoms with Gasteiger partial charge in [-0.1, -0.05) is 58.6 Å². The molecule has 1 saturated carbocycles. The molecule has 0 spiro atoms. The van der Waals surface area contributed by atoms with E-state index in [9.17, 15) is 9.59 Å². The van der Waals surface area contributed by atoms with Crippen LogP contribution in [0, 0.1) is 17.8 Å². The minimum atomic E-state index is -0.498. The lowest BCUT2D eigenvalue weighted by atomic mass is 9.75. The molecule has 1 aliphatic rings. The quantitative estimate of drug-likeness (QED) is 0.208. The molecular formula is C23H40O6. The molecule has 168 valence electrons. The van der Waals surface area contributed by atoms with Crippen LogP contribution in [-0.2, 0) is 19.1 Å². The highest BCUT2D eigenvalue weighted by molar-refractivity contribution is 5.87. The van der Waals surface area contributed by atoms with Crippen molar-refractivity contribution in [1.29, 1.82) is 0 Å². The van der Waals surface area contributed by atoms with Crippen LogP contribution < -0.4 is 0 Å². The van der Waals surface area contributed by atoms with Crippen LogP contribution in [0.25, 0.3) is 0 Å². The summed E-state index contributed by atoms with van der Waals surface area (Å²) in [6, 6.07) is 0. The van der Waals surface area contributed by atoms with Crippen molar-refractivity contribution in [2.45, 2.75) is 58.3 Å². The smallest absolute Gasteiger partial charge is 0.335 e. The van der Waals surface area contributed by atoms with E-state index in [0.717, 1.165) is 5.92 Å². The van der Waals surface area contributed by atoms with Gasteiger partial charge in [0.1, 0.15) is 6.29 Å². The molecular weight excluding hydrogens is 372 g/mol. The maximum atomic E-state index is 11.6. The Kier molecular flexibility index (Phi) is 16.5. The number of aliphatic hydroxyl groups excluding tert-OH is 2. The number of unbranched alkanes of at least 4 members (excludes halogenated alkanes) is 2. The van der Waals surface area contributed by atoms with Crippen LogP contribution in [0.2, 0.25) is 0 Å². The van der Waals surface area contributed by atoms with Crippen LogP contribution in [0.4, 0.5) is 0 Å². The lowest BCUT2D eigenvalue weighted by Gasteiger charge is -2.33. The fourth-order valence-corrected chi connectivity index (χ4v) is 3.55. The standard InChI is InChI=1S/C19H34O4.C4H6O2/c1-4-5-6-7-16-8-10-17(11-9-16)18(13-22-3)14-23-19(21)15(2)12-20;1-4(2-5)3-6/h16-18,20H,2,4-14H2,1,3H3;2,6H,1,3H2. The van der Waals surface area contributed by atoms with E-state index in [1.54, 1.807) is 7.11 Å². The summed E-state index contributed by atoms with van der Waals surface area (Å²) in [6.45, 7) is 9.31. The number of ether oxygens (including phenoxy) is 2. The lowest BCUT2D eigenvalue weighted by molar-refractivity contribution is -0.142. The first kappa shape index (κ1) is 27.5. The van der Waals surface area contributed by atoms with Crippen LogP contribution in [0.3, 0.4) is 0 Å². The Morgan fingerprint density at radius 2 is 1.76 bits per heavy atom. The first-order valence-electron chi connectivity index (χ1n) is 10.6. The van der Waals surface area contributed by atoms with E-state index < -0.39 is 5.97 Å². The molecule has 6 nitrogen and oxygen atoms in total. The predicted molar refractivity (Wildman–Crippen MR) is 114 cm³/mol. The molecule has 1 atom stereocenters. The summed E-state index contributed by atoms with van der Waals surface area (Å²) in [4.78, 5) is 21.1. The van der Waals surface area contributed by atoms with E-state index in [1.165, 1.54) is 51.4 Å². The Morgan fingerprint density at radius 1 is 1.10 bits per heavy atom. The minimum absolute atomic E-state index is 0.112. The Balaban J connectivity index is 0.00000113. The van der Waals surface area contributed by atoms with Crippen LogP contribution in [0.1, 0.15) is 58.3 Å². The lowest BCUT2D eigenvalue weighted by Crippen LogP contribution is -2.29. The summed E-state index contributed by atoms with van der Waals surface area (Å²) in [5.41, 5.74) is 0.329. The van der Waals surface area contributed by atoms with Gasteiger partial charge in [-0.15, -0.1) is 0 Å². The Morgan fingerprint density at radius 3 is 2.21 bits per heavy atom. The number of carbonyl (C=O) groups excluding carboxylic acids is 2. The summed E-state index contributed by atoms with van der Waals surface area (Å²) in [7, 11) is 1.69. The zero-order chi connectivity index (χ0) is 22.1. The Hall–Kier alpha value is -1.50. The highest BCUT2D eigenvalue weighted by Crippen LogP contribution is 2.36. The molecule has 29 heavy (non-hydrogen) atoms. The van der Waals surface area contributed by atoms with E-state index in [2.05, 4.69) is 20.1 Å². The first-order chi connectivity index (χ1) is 13.9. The average Bonchev–Trinajstić information content (AvgIpc) is 2.76. The summed E-state index contributed by atoms with van der Waals surface area (Å²) in [6.07, 6.45) is 10.8. The third kappa shape index (κ3) is 12.6. The zero-order valence-corrected chi connectivity index (χ0v) is 18.2. The third-order valence-corrected chi connectivity index (χ3v) is 5.43. The molecule has 0 aliphatic heterocycles. The van der Waals surface area contributed by atoms with Crippen LogP contribution in [0.15, 0.2) is 24.3 Å². The van der Waals surface area contributed by atoms with Gasteiger partial charge in [-0.2, -0.15) is 0 Å². The second-order valence-corrected chi connectivity index (χ2v) is 7.79. The van der Waals surface area contributed by atoms with Gasteiger partial charge in [-0.05, 0) is 24.7 Å². The number of rotatable bonds is 13. The summed E-state index contributed by atoms with van der Waals surface area (Å²) in [5, 5.41) is 16.9. The maximum absolute atomic E-state index is 11.6. The molecule has 1 rings (SSSR count). The number of methoxy groups -OCH3 is 1. The van der Waals surface area contributed by atoms with Crippen molar-refractivity contribution in [3.05, 3.63) is 24.3 Å². The van der Waals surface area contributed by atoms with Crippen molar-refractivity contribution < 1.29 is 29.3 Å². The number of aliphatic hydroxyl groups is 2. The van der Waals surface area contributed by atoms with Gasteiger partial charge in [-0.25, -0.2) is 4.79 Å². The van der Waals surface area contributed by atoms with Gasteiger partial charge in [-0.3, -0.25) is 4.79 Å². The molecule has 0 aromatic carbocycles. The highest BCUT2D eigenvalue weighted by Gasteiger charge is 2.28. The van der Waals surface area contributed by atoms with Crippen LogP contribution >= 0.6 is 0 Å². The van der Waals surface area contributed by atoms with Gasteiger partial charge in [0.25, 0.3) is 0 Å². The third-order valence-electron chi connectivity index (χ3n) is 5.43. The zero-order valence-electron chi connectivity index (χ0n) is 18.2. The highest BCUT2D eigenvalue weighted by atomic mass is 16.5. The molecule has 0 radical (unpaired) electrons. The monoisotopic (exact) mass is 412 g/mol. The van der Waals surface area contributed by atoms with Crippen molar-refractivity contribution in [2.24, 2.45) is 17.8 Å². The average molecular weight is 413 g/mol. The normalized spacial score (nSPS) is 19.4. The molecule has 1 fully saturated rings. The van der Waals surface area contributed by atoms with E-state index >= 15 is 0 Å². The van der Waals surface area contributed by atoms with E-state index in [1.807, 2.05) is 0 Å². The van der Waals surface area contributed by atoms with Crippen LogP contribution in [0.5, 0.6) is 0 Å². The summed E-state index contributed by atoms with van der Waals surface area (Å²) in [5.74, 6) is 1.18. The van der Waals surface area contributed by atoms with Crippen molar-refractivity contribution in [1.82, 2.24) is 0 Å². The SMILES string of the molecule is C=C(C=O)CO.C=C(CO)C(=O)OCC(COC)C1CCC(CCCCC)CC1. The molecule has 6 heteroatoms. The molecule has 0 saturated heterocycles. The molecule has 0 amide bonds. The molecule has 1 aliphatic carbocycles. The Labute approximate surface area is 176 Å². The Bertz CT molecular complexity index is 480. The van der Waals surface area contributed by atoms with Gasteiger partial charge in [0.15, 0.2) is 0 Å². The summed E-state index contributed by atoms with van der Waals surface area (Å²) < 4.78 is 10.6. The maximum Gasteiger partial charge on any atom is 0.335 e. The van der Waals surface area contributed by atoms with Gasteiger partial charge >= 0.3 is 5.97 Å².